The first-order chi connectivity index (χ1) is 14.1. The molecule has 0 spiro atoms. The number of ether oxygens (including phenoxy) is 1. The highest BCUT2D eigenvalue weighted by Gasteiger charge is 2.27. The number of aryl methyl sites for hydroxylation is 2. The minimum Gasteiger partial charge on any atom is -0.481 e. The number of hydrogen-bond acceptors (Lipinski definition) is 5. The summed E-state index contributed by atoms with van der Waals surface area (Å²) in [6, 6.07) is 9.66. The van der Waals surface area contributed by atoms with Crippen LogP contribution in [0.25, 0.3) is 0 Å². The second-order valence-electron chi connectivity index (χ2n) is 8.07. The van der Waals surface area contributed by atoms with E-state index < -0.39 is 6.10 Å². The average molecular weight is 395 g/mol. The molecule has 2 aliphatic rings. The van der Waals surface area contributed by atoms with Crippen molar-refractivity contribution in [3.63, 3.8) is 0 Å². The Labute approximate surface area is 172 Å². The zero-order valence-corrected chi connectivity index (χ0v) is 17.4. The maximum Gasteiger partial charge on any atom is 0.260 e. The Morgan fingerprint density at radius 2 is 1.86 bits per heavy atom. The molecular weight excluding hydrogens is 364 g/mol. The Balaban J connectivity index is 1.33. The molecule has 2 aromatic rings. The van der Waals surface area contributed by atoms with Gasteiger partial charge in [-0.15, -0.1) is 0 Å². The van der Waals surface area contributed by atoms with E-state index in [9.17, 15) is 4.79 Å². The molecule has 0 radical (unpaired) electrons. The second kappa shape index (κ2) is 8.80. The molecule has 1 aromatic carbocycles. The molecule has 1 atom stereocenters. The smallest absolute Gasteiger partial charge is 0.260 e. The molecule has 1 amide bonds. The van der Waals surface area contributed by atoms with E-state index in [1.165, 1.54) is 24.1 Å². The van der Waals surface area contributed by atoms with E-state index in [0.717, 1.165) is 50.4 Å². The van der Waals surface area contributed by atoms with E-state index in [4.69, 9.17) is 9.72 Å². The lowest BCUT2D eigenvalue weighted by Gasteiger charge is -2.35. The summed E-state index contributed by atoms with van der Waals surface area (Å²) in [6.45, 7) is 5.59. The monoisotopic (exact) mass is 394 g/mol. The molecule has 6 heteroatoms. The fourth-order valence-electron chi connectivity index (χ4n) is 4.27. The van der Waals surface area contributed by atoms with Gasteiger partial charge in [0.1, 0.15) is 17.4 Å². The number of rotatable bonds is 5. The van der Waals surface area contributed by atoms with E-state index in [0.29, 0.717) is 5.75 Å². The van der Waals surface area contributed by atoms with Gasteiger partial charge in [-0.2, -0.15) is 0 Å². The third kappa shape index (κ3) is 4.69. The lowest BCUT2D eigenvalue weighted by molar-refractivity contribution is -0.128. The van der Waals surface area contributed by atoms with Gasteiger partial charge in [0.05, 0.1) is 0 Å². The zero-order valence-electron chi connectivity index (χ0n) is 17.4. The standard InChI is InChI=1S/C23H30N4O2/c1-16(29-19-8-4-3-5-9-19)23(28)26-18-12-14-27(15-13-18)22-20-10-6-7-11-21(20)24-17(2)25-22/h3-5,8-9,16,18H,6-7,10-15H2,1-2H3,(H,26,28). The van der Waals surface area contributed by atoms with Crippen molar-refractivity contribution < 1.29 is 9.53 Å². The van der Waals surface area contributed by atoms with Crippen LogP contribution in [0, 0.1) is 6.92 Å². The van der Waals surface area contributed by atoms with Crippen LogP contribution in [0.15, 0.2) is 30.3 Å². The molecule has 2 heterocycles. The number of amides is 1. The molecule has 1 aliphatic carbocycles. The number of anilines is 1. The molecule has 1 aromatic heterocycles. The average Bonchev–Trinajstić information content (AvgIpc) is 2.74. The highest BCUT2D eigenvalue weighted by molar-refractivity contribution is 5.81. The van der Waals surface area contributed by atoms with Crippen LogP contribution in [0.2, 0.25) is 0 Å². The SMILES string of the molecule is Cc1nc2c(c(N3CCC(NC(=O)C(C)Oc4ccccc4)CC3)n1)CCCC2. The predicted molar refractivity (Wildman–Crippen MR) is 113 cm³/mol. The Morgan fingerprint density at radius 1 is 1.14 bits per heavy atom. The van der Waals surface area contributed by atoms with E-state index in [-0.39, 0.29) is 11.9 Å². The molecular formula is C23H30N4O2. The fraction of sp³-hybridized carbons (Fsp3) is 0.522. The first-order valence-corrected chi connectivity index (χ1v) is 10.7. The van der Waals surface area contributed by atoms with Gasteiger partial charge in [0.25, 0.3) is 5.91 Å². The molecule has 154 valence electrons. The first kappa shape index (κ1) is 19.7. The van der Waals surface area contributed by atoms with Crippen molar-refractivity contribution in [1.29, 1.82) is 0 Å². The number of hydrogen-bond donors (Lipinski definition) is 1. The van der Waals surface area contributed by atoms with Gasteiger partial charge in [-0.3, -0.25) is 4.79 Å². The van der Waals surface area contributed by atoms with Crippen molar-refractivity contribution in [2.75, 3.05) is 18.0 Å². The topological polar surface area (TPSA) is 67.4 Å². The Bertz CT molecular complexity index is 847. The largest absolute Gasteiger partial charge is 0.481 e. The zero-order chi connectivity index (χ0) is 20.2. The van der Waals surface area contributed by atoms with Crippen molar-refractivity contribution in [3.8, 4) is 5.75 Å². The van der Waals surface area contributed by atoms with Crippen LogP contribution >= 0.6 is 0 Å². The molecule has 0 bridgehead atoms. The number of carbonyl (C=O) groups is 1. The molecule has 1 fully saturated rings. The summed E-state index contributed by atoms with van der Waals surface area (Å²) in [6.07, 6.45) is 5.92. The quantitative estimate of drug-likeness (QED) is 0.843. The molecule has 29 heavy (non-hydrogen) atoms. The summed E-state index contributed by atoms with van der Waals surface area (Å²) in [4.78, 5) is 24.4. The normalized spacial score (nSPS) is 18.1. The minimum absolute atomic E-state index is 0.0532. The number of para-hydroxylation sites is 1. The van der Waals surface area contributed by atoms with Gasteiger partial charge in [-0.1, -0.05) is 18.2 Å². The number of carbonyl (C=O) groups excluding carboxylic acids is 1. The van der Waals surface area contributed by atoms with Crippen LogP contribution in [0.5, 0.6) is 5.75 Å². The van der Waals surface area contributed by atoms with Crippen LogP contribution in [0.3, 0.4) is 0 Å². The highest BCUT2D eigenvalue weighted by atomic mass is 16.5. The third-order valence-corrected chi connectivity index (χ3v) is 5.84. The summed E-state index contributed by atoms with van der Waals surface area (Å²) in [5.74, 6) is 2.65. The second-order valence-corrected chi connectivity index (χ2v) is 8.07. The van der Waals surface area contributed by atoms with Crippen molar-refractivity contribution in [2.24, 2.45) is 0 Å². The van der Waals surface area contributed by atoms with Gasteiger partial charge < -0.3 is 15.0 Å². The van der Waals surface area contributed by atoms with Crippen LogP contribution in [-0.2, 0) is 17.6 Å². The van der Waals surface area contributed by atoms with E-state index in [1.54, 1.807) is 6.92 Å². The summed E-state index contributed by atoms with van der Waals surface area (Å²) < 4.78 is 5.74. The van der Waals surface area contributed by atoms with Crippen LogP contribution in [-0.4, -0.2) is 41.1 Å². The van der Waals surface area contributed by atoms with Gasteiger partial charge in [0.2, 0.25) is 0 Å². The summed E-state index contributed by atoms with van der Waals surface area (Å²) in [5, 5.41) is 3.16. The number of aromatic nitrogens is 2. The van der Waals surface area contributed by atoms with Gasteiger partial charge in [0.15, 0.2) is 6.10 Å². The molecule has 1 N–H and O–H groups in total. The summed E-state index contributed by atoms with van der Waals surface area (Å²) >= 11 is 0. The summed E-state index contributed by atoms with van der Waals surface area (Å²) in [7, 11) is 0. The minimum atomic E-state index is -0.507. The number of benzene rings is 1. The van der Waals surface area contributed by atoms with Gasteiger partial charge >= 0.3 is 0 Å². The van der Waals surface area contributed by atoms with Crippen LogP contribution in [0.4, 0.5) is 5.82 Å². The van der Waals surface area contributed by atoms with E-state index in [1.807, 2.05) is 37.3 Å². The number of fused-ring (bicyclic) bond motifs is 1. The van der Waals surface area contributed by atoms with E-state index in [2.05, 4.69) is 15.2 Å². The number of nitrogens with one attached hydrogen (secondary N) is 1. The summed E-state index contributed by atoms with van der Waals surface area (Å²) in [5.41, 5.74) is 2.58. The number of piperidine rings is 1. The maximum atomic E-state index is 12.5. The van der Waals surface area contributed by atoms with Crippen molar-refractivity contribution >= 4 is 11.7 Å². The Kier molecular flexibility index (Phi) is 5.97. The van der Waals surface area contributed by atoms with E-state index >= 15 is 0 Å². The first-order valence-electron chi connectivity index (χ1n) is 10.7. The van der Waals surface area contributed by atoms with Gasteiger partial charge in [-0.05, 0) is 64.5 Å². The van der Waals surface area contributed by atoms with Crippen molar-refractivity contribution in [1.82, 2.24) is 15.3 Å². The lowest BCUT2D eigenvalue weighted by atomic mass is 9.95. The lowest BCUT2D eigenvalue weighted by Crippen LogP contribution is -2.48. The molecule has 0 saturated carbocycles. The molecule has 1 aliphatic heterocycles. The third-order valence-electron chi connectivity index (χ3n) is 5.84. The van der Waals surface area contributed by atoms with Crippen molar-refractivity contribution in [2.45, 2.75) is 64.5 Å². The molecule has 1 saturated heterocycles. The van der Waals surface area contributed by atoms with Gasteiger partial charge in [0, 0.05) is 30.4 Å². The molecule has 1 unspecified atom stereocenters. The van der Waals surface area contributed by atoms with Crippen LogP contribution < -0.4 is 15.0 Å². The maximum absolute atomic E-state index is 12.5. The Hall–Kier alpha value is -2.63. The fourth-order valence-corrected chi connectivity index (χ4v) is 4.27. The molecule has 6 nitrogen and oxygen atoms in total. The number of nitrogens with zero attached hydrogens (tertiary/aromatic N) is 3. The van der Waals surface area contributed by atoms with Crippen molar-refractivity contribution in [3.05, 3.63) is 47.4 Å². The predicted octanol–water partition coefficient (Wildman–Crippen LogP) is 3.22. The molecule has 4 rings (SSSR count). The highest BCUT2D eigenvalue weighted by Crippen LogP contribution is 2.29. The Morgan fingerprint density at radius 3 is 2.62 bits per heavy atom. The van der Waals surface area contributed by atoms with Gasteiger partial charge in [-0.25, -0.2) is 9.97 Å². The van der Waals surface area contributed by atoms with Crippen LogP contribution in [0.1, 0.15) is 49.7 Å².